The number of nitrogens with one attached hydrogen (secondary N) is 2. The standard InChI is InChI=1S/C14H15N3O4S/c1-21-7-6-15-14(22)16-11(18)8-17-12(19)9-4-2-3-5-10(9)13(17)20/h2-5H,6-8H2,1H3,(H2,15,16,18,22). The van der Waals surface area contributed by atoms with Crippen molar-refractivity contribution in [2.24, 2.45) is 0 Å². The molecule has 8 heteroatoms. The van der Waals surface area contributed by atoms with Crippen molar-refractivity contribution < 1.29 is 19.1 Å². The first kappa shape index (κ1) is 16.1. The largest absolute Gasteiger partial charge is 0.383 e. The summed E-state index contributed by atoms with van der Waals surface area (Å²) >= 11 is 4.93. The van der Waals surface area contributed by atoms with Gasteiger partial charge in [0.05, 0.1) is 17.7 Å². The molecule has 1 aromatic rings. The molecule has 3 amide bonds. The lowest BCUT2D eigenvalue weighted by atomic mass is 10.1. The van der Waals surface area contributed by atoms with E-state index in [1.54, 1.807) is 31.4 Å². The Labute approximate surface area is 132 Å². The van der Waals surface area contributed by atoms with Crippen LogP contribution in [0.5, 0.6) is 0 Å². The maximum absolute atomic E-state index is 12.1. The summed E-state index contributed by atoms with van der Waals surface area (Å²) in [5, 5.41) is 5.30. The Morgan fingerprint density at radius 2 is 1.82 bits per heavy atom. The van der Waals surface area contributed by atoms with Gasteiger partial charge in [0.1, 0.15) is 6.54 Å². The Kier molecular flexibility index (Phi) is 5.18. The number of imide groups is 1. The molecular weight excluding hydrogens is 306 g/mol. The van der Waals surface area contributed by atoms with Crippen LogP contribution >= 0.6 is 12.2 Å². The molecule has 0 saturated heterocycles. The highest BCUT2D eigenvalue weighted by atomic mass is 32.1. The first-order chi connectivity index (χ1) is 10.5. The number of hydrogen-bond donors (Lipinski definition) is 2. The summed E-state index contributed by atoms with van der Waals surface area (Å²) in [6.07, 6.45) is 0. The fourth-order valence-electron chi connectivity index (χ4n) is 2.00. The van der Waals surface area contributed by atoms with E-state index >= 15 is 0 Å². The Morgan fingerprint density at radius 1 is 1.23 bits per heavy atom. The molecule has 1 aliphatic rings. The van der Waals surface area contributed by atoms with E-state index in [1.165, 1.54) is 0 Å². The van der Waals surface area contributed by atoms with E-state index in [-0.39, 0.29) is 11.7 Å². The Hall–Kier alpha value is -2.32. The summed E-state index contributed by atoms with van der Waals surface area (Å²) in [6.45, 7) is 0.509. The van der Waals surface area contributed by atoms with Gasteiger partial charge in [-0.05, 0) is 24.4 Å². The van der Waals surface area contributed by atoms with Gasteiger partial charge in [-0.15, -0.1) is 0 Å². The van der Waals surface area contributed by atoms with Gasteiger partial charge in [-0.1, -0.05) is 12.1 Å². The van der Waals surface area contributed by atoms with Gasteiger partial charge < -0.3 is 15.4 Å². The molecule has 0 fully saturated rings. The van der Waals surface area contributed by atoms with Gasteiger partial charge in [0.25, 0.3) is 11.8 Å². The van der Waals surface area contributed by atoms with Gasteiger partial charge in [0.2, 0.25) is 5.91 Å². The number of thiocarbonyl (C=S) groups is 1. The summed E-state index contributed by atoms with van der Waals surface area (Å²) in [6, 6.07) is 6.46. The normalized spacial score (nSPS) is 13.0. The number of nitrogens with zero attached hydrogens (tertiary/aromatic N) is 1. The van der Waals surface area contributed by atoms with Crippen LogP contribution in [-0.2, 0) is 9.53 Å². The van der Waals surface area contributed by atoms with Crippen molar-refractivity contribution in [1.82, 2.24) is 15.5 Å². The minimum atomic E-state index is -0.538. The highest BCUT2D eigenvalue weighted by Gasteiger charge is 2.36. The van der Waals surface area contributed by atoms with Crippen molar-refractivity contribution in [3.63, 3.8) is 0 Å². The molecule has 1 aromatic carbocycles. The van der Waals surface area contributed by atoms with Gasteiger partial charge in [0.15, 0.2) is 5.11 Å². The van der Waals surface area contributed by atoms with Crippen LogP contribution in [0.4, 0.5) is 0 Å². The average molecular weight is 321 g/mol. The Bertz CT molecular complexity index is 597. The van der Waals surface area contributed by atoms with Crippen LogP contribution in [0.2, 0.25) is 0 Å². The minimum Gasteiger partial charge on any atom is -0.383 e. The molecule has 0 atom stereocenters. The van der Waals surface area contributed by atoms with Crippen molar-refractivity contribution in [3.05, 3.63) is 35.4 Å². The molecule has 2 N–H and O–H groups in total. The molecular formula is C14H15N3O4S. The molecule has 116 valence electrons. The predicted octanol–water partition coefficient (Wildman–Crippen LogP) is -0.0803. The third-order valence-electron chi connectivity index (χ3n) is 3.02. The van der Waals surface area contributed by atoms with Gasteiger partial charge in [-0.3, -0.25) is 19.3 Å². The summed E-state index contributed by atoms with van der Waals surface area (Å²) in [7, 11) is 1.55. The number of hydrogen-bond acceptors (Lipinski definition) is 5. The van der Waals surface area contributed by atoms with Crippen molar-refractivity contribution >= 4 is 35.1 Å². The van der Waals surface area contributed by atoms with Crippen molar-refractivity contribution in [2.45, 2.75) is 0 Å². The number of carbonyl (C=O) groups is 3. The Balaban J connectivity index is 1.92. The molecule has 0 spiro atoms. The summed E-state index contributed by atoms with van der Waals surface area (Å²) in [5.41, 5.74) is 0.613. The van der Waals surface area contributed by atoms with Crippen LogP contribution in [-0.4, -0.2) is 54.5 Å². The van der Waals surface area contributed by atoms with Crippen LogP contribution in [0, 0.1) is 0 Å². The van der Waals surface area contributed by atoms with Crippen LogP contribution in [0.15, 0.2) is 24.3 Å². The summed E-state index contributed by atoms with van der Waals surface area (Å²) in [4.78, 5) is 37.0. The predicted molar refractivity (Wildman–Crippen MR) is 82.4 cm³/mol. The fraction of sp³-hybridized carbons (Fsp3) is 0.286. The number of methoxy groups -OCH3 is 1. The first-order valence-corrected chi connectivity index (χ1v) is 6.97. The van der Waals surface area contributed by atoms with Crippen molar-refractivity contribution in [3.8, 4) is 0 Å². The minimum absolute atomic E-state index is 0.124. The number of amides is 3. The third kappa shape index (κ3) is 3.46. The van der Waals surface area contributed by atoms with Crippen molar-refractivity contribution in [1.29, 1.82) is 0 Å². The summed E-state index contributed by atoms with van der Waals surface area (Å²) < 4.78 is 4.84. The molecule has 22 heavy (non-hydrogen) atoms. The van der Waals surface area contributed by atoms with Crippen LogP contribution < -0.4 is 10.6 Å². The van der Waals surface area contributed by atoms with E-state index in [1.807, 2.05) is 0 Å². The monoisotopic (exact) mass is 321 g/mol. The number of carbonyl (C=O) groups excluding carboxylic acids is 3. The molecule has 0 bridgehead atoms. The summed E-state index contributed by atoms with van der Waals surface area (Å²) in [5.74, 6) is -1.49. The molecule has 0 saturated carbocycles. The van der Waals surface area contributed by atoms with Gasteiger partial charge in [0, 0.05) is 13.7 Å². The fourth-order valence-corrected chi connectivity index (χ4v) is 2.22. The van der Waals surface area contributed by atoms with Gasteiger partial charge >= 0.3 is 0 Å². The SMILES string of the molecule is COCCNC(=S)NC(=O)CN1C(=O)c2ccccc2C1=O. The van der Waals surface area contributed by atoms with E-state index in [2.05, 4.69) is 10.6 Å². The lowest BCUT2D eigenvalue weighted by Crippen LogP contribution is -2.46. The van der Waals surface area contributed by atoms with E-state index in [4.69, 9.17) is 17.0 Å². The maximum atomic E-state index is 12.1. The number of fused-ring (bicyclic) bond motifs is 1. The molecule has 1 aliphatic heterocycles. The Morgan fingerprint density at radius 3 is 2.36 bits per heavy atom. The number of benzene rings is 1. The zero-order valence-corrected chi connectivity index (χ0v) is 12.7. The highest BCUT2D eigenvalue weighted by Crippen LogP contribution is 2.21. The van der Waals surface area contributed by atoms with Gasteiger partial charge in [-0.25, -0.2) is 0 Å². The van der Waals surface area contributed by atoms with Crippen LogP contribution in [0.3, 0.4) is 0 Å². The molecule has 0 aliphatic carbocycles. The van der Waals surface area contributed by atoms with Crippen LogP contribution in [0.1, 0.15) is 20.7 Å². The van der Waals surface area contributed by atoms with E-state index in [9.17, 15) is 14.4 Å². The molecule has 0 radical (unpaired) electrons. The second-order valence-corrected chi connectivity index (χ2v) is 4.95. The zero-order valence-electron chi connectivity index (χ0n) is 11.9. The average Bonchev–Trinajstić information content (AvgIpc) is 2.73. The third-order valence-corrected chi connectivity index (χ3v) is 3.27. The lowest BCUT2D eigenvalue weighted by Gasteiger charge is -2.14. The number of rotatable bonds is 5. The quantitative estimate of drug-likeness (QED) is 0.448. The first-order valence-electron chi connectivity index (χ1n) is 6.56. The van der Waals surface area contributed by atoms with Crippen LogP contribution in [0.25, 0.3) is 0 Å². The van der Waals surface area contributed by atoms with E-state index < -0.39 is 17.7 Å². The highest BCUT2D eigenvalue weighted by molar-refractivity contribution is 7.80. The zero-order chi connectivity index (χ0) is 16.1. The molecule has 1 heterocycles. The topological polar surface area (TPSA) is 87.7 Å². The smallest absolute Gasteiger partial charge is 0.262 e. The number of ether oxygens (including phenoxy) is 1. The molecule has 0 unspecified atom stereocenters. The molecule has 7 nitrogen and oxygen atoms in total. The van der Waals surface area contributed by atoms with Gasteiger partial charge in [-0.2, -0.15) is 0 Å². The lowest BCUT2D eigenvalue weighted by molar-refractivity contribution is -0.120. The molecule has 2 rings (SSSR count). The second kappa shape index (κ2) is 7.10. The second-order valence-electron chi connectivity index (χ2n) is 4.54. The van der Waals surface area contributed by atoms with Crippen molar-refractivity contribution in [2.75, 3.05) is 26.8 Å². The maximum Gasteiger partial charge on any atom is 0.262 e. The van der Waals surface area contributed by atoms with E-state index in [0.29, 0.717) is 24.3 Å². The van der Waals surface area contributed by atoms with E-state index in [0.717, 1.165) is 4.90 Å². The molecule has 0 aromatic heterocycles.